The van der Waals surface area contributed by atoms with Crippen LogP contribution in [0.4, 0.5) is 13.2 Å². The third-order valence-corrected chi connectivity index (χ3v) is 3.00. The maximum Gasteiger partial charge on any atom is 0.416 e. The second-order valence-electron chi connectivity index (χ2n) is 4.47. The molecule has 1 nitrogen and oxygen atoms in total. The van der Waals surface area contributed by atoms with Crippen LogP contribution >= 0.6 is 0 Å². The minimum Gasteiger partial charge on any atom is -0.294 e. The van der Waals surface area contributed by atoms with E-state index in [2.05, 4.69) is 0 Å². The zero-order valence-electron chi connectivity index (χ0n) is 8.77. The first-order valence-corrected chi connectivity index (χ1v) is 5.05. The van der Waals surface area contributed by atoms with Gasteiger partial charge in [-0.25, -0.2) is 0 Å². The SMILES string of the molecule is CC1(C(=O)c2cccc(C(F)(F)F)c2)CC1. The minimum atomic E-state index is -4.39. The predicted molar refractivity (Wildman–Crippen MR) is 53.1 cm³/mol. The van der Waals surface area contributed by atoms with E-state index >= 15 is 0 Å². The molecule has 0 spiro atoms. The maximum atomic E-state index is 12.4. The summed E-state index contributed by atoms with van der Waals surface area (Å²) in [5, 5.41) is 0. The lowest BCUT2D eigenvalue weighted by atomic mass is 9.95. The summed E-state index contributed by atoms with van der Waals surface area (Å²) in [6.07, 6.45) is -2.86. The molecule has 0 unspecified atom stereocenters. The van der Waals surface area contributed by atoms with Crippen molar-refractivity contribution in [1.29, 1.82) is 0 Å². The van der Waals surface area contributed by atoms with Crippen molar-refractivity contribution >= 4 is 5.78 Å². The highest BCUT2D eigenvalue weighted by Crippen LogP contribution is 2.47. The van der Waals surface area contributed by atoms with E-state index in [0.717, 1.165) is 25.0 Å². The molecule has 2 rings (SSSR count). The topological polar surface area (TPSA) is 17.1 Å². The molecule has 1 aromatic carbocycles. The van der Waals surface area contributed by atoms with E-state index in [0.29, 0.717) is 0 Å². The third-order valence-electron chi connectivity index (χ3n) is 3.00. The quantitative estimate of drug-likeness (QED) is 0.705. The Morgan fingerprint density at radius 1 is 1.31 bits per heavy atom. The highest BCUT2D eigenvalue weighted by molar-refractivity contribution is 6.02. The largest absolute Gasteiger partial charge is 0.416 e. The number of ketones is 1. The summed E-state index contributed by atoms with van der Waals surface area (Å²) in [6, 6.07) is 4.64. The molecule has 1 saturated carbocycles. The summed E-state index contributed by atoms with van der Waals surface area (Å²) in [5.74, 6) is -0.182. The first kappa shape index (κ1) is 11.2. The Balaban J connectivity index is 2.33. The van der Waals surface area contributed by atoms with Crippen molar-refractivity contribution in [2.75, 3.05) is 0 Å². The summed E-state index contributed by atoms with van der Waals surface area (Å²) in [7, 11) is 0. The van der Waals surface area contributed by atoms with Crippen molar-refractivity contribution in [3.8, 4) is 0 Å². The van der Waals surface area contributed by atoms with Gasteiger partial charge in [0.1, 0.15) is 0 Å². The van der Waals surface area contributed by atoms with Crippen LogP contribution in [0.2, 0.25) is 0 Å². The molecule has 1 aliphatic carbocycles. The molecule has 0 heterocycles. The molecule has 0 bridgehead atoms. The predicted octanol–water partition coefficient (Wildman–Crippen LogP) is 3.69. The van der Waals surface area contributed by atoms with Crippen LogP contribution in [-0.2, 0) is 6.18 Å². The van der Waals surface area contributed by atoms with Gasteiger partial charge in [-0.15, -0.1) is 0 Å². The Hall–Kier alpha value is -1.32. The normalized spacial score (nSPS) is 18.2. The number of alkyl halides is 3. The number of hydrogen-bond acceptors (Lipinski definition) is 1. The molecular weight excluding hydrogens is 217 g/mol. The minimum absolute atomic E-state index is 0.162. The fourth-order valence-electron chi connectivity index (χ4n) is 1.60. The van der Waals surface area contributed by atoms with E-state index in [1.807, 2.05) is 0 Å². The van der Waals surface area contributed by atoms with Gasteiger partial charge >= 0.3 is 6.18 Å². The van der Waals surface area contributed by atoms with E-state index in [1.165, 1.54) is 12.1 Å². The summed E-state index contributed by atoms with van der Waals surface area (Å²) in [6.45, 7) is 1.79. The fraction of sp³-hybridized carbons (Fsp3) is 0.417. The van der Waals surface area contributed by atoms with Crippen molar-refractivity contribution in [3.63, 3.8) is 0 Å². The van der Waals surface area contributed by atoms with Gasteiger partial charge in [-0.05, 0) is 25.0 Å². The zero-order valence-corrected chi connectivity index (χ0v) is 8.77. The lowest BCUT2D eigenvalue weighted by Gasteiger charge is -2.10. The summed E-state index contributed by atoms with van der Waals surface area (Å²) >= 11 is 0. The standard InChI is InChI=1S/C12H11F3O/c1-11(5-6-11)10(16)8-3-2-4-9(7-8)12(13,14)15/h2-4,7H,5-6H2,1H3. The van der Waals surface area contributed by atoms with Crippen LogP contribution in [0, 0.1) is 5.41 Å². The third kappa shape index (κ3) is 1.96. The van der Waals surface area contributed by atoms with Crippen molar-refractivity contribution in [2.24, 2.45) is 5.41 Å². The van der Waals surface area contributed by atoms with Gasteiger partial charge in [-0.2, -0.15) is 13.2 Å². The summed E-state index contributed by atoms with van der Waals surface area (Å²) in [4.78, 5) is 11.8. The lowest BCUT2D eigenvalue weighted by molar-refractivity contribution is -0.137. The van der Waals surface area contributed by atoms with Gasteiger partial charge in [-0.3, -0.25) is 4.79 Å². The van der Waals surface area contributed by atoms with Gasteiger partial charge in [0.25, 0.3) is 0 Å². The van der Waals surface area contributed by atoms with Crippen LogP contribution in [0.25, 0.3) is 0 Å². The van der Waals surface area contributed by atoms with Crippen LogP contribution in [-0.4, -0.2) is 5.78 Å². The number of carbonyl (C=O) groups is 1. The highest BCUT2D eigenvalue weighted by Gasteiger charge is 2.45. The molecule has 86 valence electrons. The van der Waals surface area contributed by atoms with E-state index in [9.17, 15) is 18.0 Å². The average molecular weight is 228 g/mol. The zero-order chi connectivity index (χ0) is 12.0. The maximum absolute atomic E-state index is 12.4. The average Bonchev–Trinajstić information content (AvgIpc) is 2.96. The van der Waals surface area contributed by atoms with Crippen LogP contribution < -0.4 is 0 Å². The Labute approximate surface area is 91.3 Å². The van der Waals surface area contributed by atoms with Crippen LogP contribution in [0.5, 0.6) is 0 Å². The van der Waals surface area contributed by atoms with E-state index in [1.54, 1.807) is 6.92 Å². The Morgan fingerprint density at radius 2 is 1.94 bits per heavy atom. The molecule has 1 aliphatic rings. The Bertz CT molecular complexity index is 430. The Morgan fingerprint density at radius 3 is 2.44 bits per heavy atom. The first-order chi connectivity index (χ1) is 7.33. The molecule has 1 fully saturated rings. The van der Waals surface area contributed by atoms with Gasteiger partial charge in [0, 0.05) is 11.0 Å². The summed E-state index contributed by atoms with van der Waals surface area (Å²) in [5.41, 5.74) is -1.03. The van der Waals surface area contributed by atoms with Gasteiger partial charge in [-0.1, -0.05) is 19.1 Å². The molecule has 4 heteroatoms. The molecule has 0 amide bonds. The second kappa shape index (κ2) is 3.34. The highest BCUT2D eigenvalue weighted by atomic mass is 19.4. The number of Topliss-reactive ketones (excluding diaryl/α,β-unsaturated/α-hetero) is 1. The van der Waals surface area contributed by atoms with Crippen molar-refractivity contribution in [3.05, 3.63) is 35.4 Å². The monoisotopic (exact) mass is 228 g/mol. The number of halogens is 3. The van der Waals surface area contributed by atoms with E-state index in [-0.39, 0.29) is 11.3 Å². The number of benzene rings is 1. The van der Waals surface area contributed by atoms with Crippen LogP contribution in [0.15, 0.2) is 24.3 Å². The Kier molecular flexibility index (Phi) is 2.33. The molecule has 0 aliphatic heterocycles. The fourth-order valence-corrected chi connectivity index (χ4v) is 1.60. The van der Waals surface area contributed by atoms with E-state index in [4.69, 9.17) is 0 Å². The first-order valence-electron chi connectivity index (χ1n) is 5.05. The number of rotatable bonds is 2. The van der Waals surface area contributed by atoms with Crippen LogP contribution in [0.3, 0.4) is 0 Å². The van der Waals surface area contributed by atoms with Gasteiger partial charge in [0.2, 0.25) is 0 Å². The molecular formula is C12H11F3O. The lowest BCUT2D eigenvalue weighted by Crippen LogP contribution is -2.13. The van der Waals surface area contributed by atoms with E-state index < -0.39 is 17.2 Å². The van der Waals surface area contributed by atoms with Gasteiger partial charge in [0.15, 0.2) is 5.78 Å². The molecule has 1 aromatic rings. The molecule has 16 heavy (non-hydrogen) atoms. The molecule has 0 N–H and O–H groups in total. The molecule has 0 atom stereocenters. The number of hydrogen-bond donors (Lipinski definition) is 0. The van der Waals surface area contributed by atoms with Gasteiger partial charge in [0.05, 0.1) is 5.56 Å². The molecule has 0 radical (unpaired) electrons. The number of carbonyl (C=O) groups excluding carboxylic acids is 1. The van der Waals surface area contributed by atoms with Crippen molar-refractivity contribution in [2.45, 2.75) is 25.9 Å². The summed E-state index contributed by atoms with van der Waals surface area (Å²) < 4.78 is 37.3. The van der Waals surface area contributed by atoms with Crippen molar-refractivity contribution in [1.82, 2.24) is 0 Å². The smallest absolute Gasteiger partial charge is 0.294 e. The van der Waals surface area contributed by atoms with Gasteiger partial charge < -0.3 is 0 Å². The van der Waals surface area contributed by atoms with Crippen LogP contribution in [0.1, 0.15) is 35.7 Å². The second-order valence-corrected chi connectivity index (χ2v) is 4.47. The van der Waals surface area contributed by atoms with Crippen molar-refractivity contribution < 1.29 is 18.0 Å². The molecule has 0 saturated heterocycles. The molecule has 0 aromatic heterocycles.